The van der Waals surface area contributed by atoms with Crippen LogP contribution in [0.5, 0.6) is 0 Å². The standard InChI is InChI=1S/C8H6FN5O/c9-5-3-1-2-4-6(5)10-8(15)7-11-13-14-12-7/h1-4H,(H,10,15)(H,11,12,13,14). The maximum atomic E-state index is 13.1. The fourth-order valence-electron chi connectivity index (χ4n) is 0.999. The average Bonchev–Trinajstić information content (AvgIpc) is 2.74. The van der Waals surface area contributed by atoms with Crippen molar-refractivity contribution in [2.75, 3.05) is 5.32 Å². The molecule has 0 atom stereocenters. The van der Waals surface area contributed by atoms with Gasteiger partial charge in [-0.15, -0.1) is 10.2 Å². The Balaban J connectivity index is 2.17. The van der Waals surface area contributed by atoms with Gasteiger partial charge in [-0.1, -0.05) is 12.1 Å². The zero-order valence-corrected chi connectivity index (χ0v) is 7.44. The van der Waals surface area contributed by atoms with Crippen LogP contribution in [-0.4, -0.2) is 26.5 Å². The van der Waals surface area contributed by atoms with Gasteiger partial charge >= 0.3 is 0 Å². The lowest BCUT2D eigenvalue weighted by Crippen LogP contribution is -2.14. The van der Waals surface area contributed by atoms with Gasteiger partial charge in [0, 0.05) is 0 Å². The van der Waals surface area contributed by atoms with E-state index in [2.05, 4.69) is 25.9 Å². The molecule has 7 heteroatoms. The minimum absolute atomic E-state index is 0.0762. The van der Waals surface area contributed by atoms with Gasteiger partial charge in [-0.25, -0.2) is 4.39 Å². The molecule has 2 aromatic rings. The number of hydrogen-bond donors (Lipinski definition) is 2. The molecular weight excluding hydrogens is 201 g/mol. The first kappa shape index (κ1) is 9.25. The summed E-state index contributed by atoms with van der Waals surface area (Å²) in [6.45, 7) is 0. The number of rotatable bonds is 2. The number of tetrazole rings is 1. The van der Waals surface area contributed by atoms with Crippen LogP contribution >= 0.6 is 0 Å². The summed E-state index contributed by atoms with van der Waals surface area (Å²) in [4.78, 5) is 11.4. The Morgan fingerprint density at radius 1 is 1.40 bits per heavy atom. The number of nitrogens with one attached hydrogen (secondary N) is 2. The van der Waals surface area contributed by atoms with Gasteiger partial charge in [0.15, 0.2) is 0 Å². The van der Waals surface area contributed by atoms with Crippen molar-refractivity contribution in [1.29, 1.82) is 0 Å². The van der Waals surface area contributed by atoms with Crippen molar-refractivity contribution in [1.82, 2.24) is 20.6 Å². The third-order valence-electron chi connectivity index (χ3n) is 1.67. The van der Waals surface area contributed by atoms with Crippen LogP contribution in [0, 0.1) is 5.82 Å². The lowest BCUT2D eigenvalue weighted by molar-refractivity contribution is 0.101. The minimum atomic E-state index is -0.617. The van der Waals surface area contributed by atoms with Crippen molar-refractivity contribution >= 4 is 11.6 Å². The summed E-state index contributed by atoms with van der Waals surface area (Å²) in [6.07, 6.45) is 0. The van der Waals surface area contributed by atoms with Gasteiger partial charge in [-0.05, 0) is 17.3 Å². The molecule has 15 heavy (non-hydrogen) atoms. The first-order chi connectivity index (χ1) is 7.27. The second-order valence-electron chi connectivity index (χ2n) is 2.67. The topological polar surface area (TPSA) is 83.6 Å². The molecular formula is C8H6FN5O. The predicted molar refractivity (Wildman–Crippen MR) is 48.5 cm³/mol. The van der Waals surface area contributed by atoms with Crippen molar-refractivity contribution < 1.29 is 9.18 Å². The predicted octanol–water partition coefficient (Wildman–Crippen LogP) is 0.591. The van der Waals surface area contributed by atoms with E-state index in [4.69, 9.17) is 0 Å². The van der Waals surface area contributed by atoms with Crippen LogP contribution in [0.3, 0.4) is 0 Å². The van der Waals surface area contributed by atoms with Crippen molar-refractivity contribution in [3.63, 3.8) is 0 Å². The molecule has 2 rings (SSSR count). The highest BCUT2D eigenvalue weighted by atomic mass is 19.1. The molecule has 1 aromatic carbocycles. The Labute approximate surface area is 83.5 Å². The van der Waals surface area contributed by atoms with Gasteiger partial charge in [0.2, 0.25) is 0 Å². The number of carbonyl (C=O) groups is 1. The molecule has 0 saturated carbocycles. The molecule has 2 N–H and O–H groups in total. The molecule has 76 valence electrons. The Hall–Kier alpha value is -2.31. The number of nitrogens with zero attached hydrogens (tertiary/aromatic N) is 3. The SMILES string of the molecule is O=C(Nc1ccccc1F)c1nn[nH]n1. The quantitative estimate of drug-likeness (QED) is 0.754. The number of aromatic amines is 1. The van der Waals surface area contributed by atoms with E-state index in [1.165, 1.54) is 18.2 Å². The van der Waals surface area contributed by atoms with E-state index < -0.39 is 11.7 Å². The maximum absolute atomic E-state index is 13.1. The van der Waals surface area contributed by atoms with Crippen LogP contribution in [-0.2, 0) is 0 Å². The number of amides is 1. The molecule has 0 bridgehead atoms. The third kappa shape index (κ3) is 1.96. The molecule has 0 aliphatic rings. The summed E-state index contributed by atoms with van der Waals surface area (Å²) in [7, 11) is 0. The summed E-state index contributed by atoms with van der Waals surface area (Å²) in [5, 5.41) is 14.6. The number of halogens is 1. The lowest BCUT2D eigenvalue weighted by atomic mass is 10.3. The van der Waals surface area contributed by atoms with Gasteiger partial charge < -0.3 is 5.32 Å². The average molecular weight is 207 g/mol. The summed E-state index contributed by atoms with van der Waals surface area (Å²) in [5.41, 5.74) is 0.0762. The highest BCUT2D eigenvalue weighted by Gasteiger charge is 2.12. The maximum Gasteiger partial charge on any atom is 0.297 e. The van der Waals surface area contributed by atoms with Crippen LogP contribution < -0.4 is 5.32 Å². The van der Waals surface area contributed by atoms with E-state index in [0.29, 0.717) is 0 Å². The van der Waals surface area contributed by atoms with Crippen molar-refractivity contribution in [3.8, 4) is 0 Å². The molecule has 0 spiro atoms. The minimum Gasteiger partial charge on any atom is -0.317 e. The monoisotopic (exact) mass is 207 g/mol. The van der Waals surface area contributed by atoms with Gasteiger partial charge in [-0.3, -0.25) is 4.79 Å². The van der Waals surface area contributed by atoms with Crippen LogP contribution in [0.4, 0.5) is 10.1 Å². The lowest BCUT2D eigenvalue weighted by Gasteiger charge is -2.02. The number of anilines is 1. The molecule has 0 fully saturated rings. The van der Waals surface area contributed by atoms with Crippen LogP contribution in [0.15, 0.2) is 24.3 Å². The summed E-state index contributed by atoms with van der Waals surface area (Å²) in [6, 6.07) is 5.81. The highest BCUT2D eigenvalue weighted by molar-refractivity contribution is 6.01. The Bertz CT molecular complexity index is 470. The summed E-state index contributed by atoms with van der Waals surface area (Å²) >= 11 is 0. The van der Waals surface area contributed by atoms with E-state index in [9.17, 15) is 9.18 Å². The number of para-hydroxylation sites is 1. The number of benzene rings is 1. The Morgan fingerprint density at radius 3 is 2.87 bits per heavy atom. The van der Waals surface area contributed by atoms with Crippen LogP contribution in [0.25, 0.3) is 0 Å². The van der Waals surface area contributed by atoms with E-state index in [-0.39, 0.29) is 11.5 Å². The smallest absolute Gasteiger partial charge is 0.297 e. The van der Waals surface area contributed by atoms with E-state index in [1.807, 2.05) is 0 Å². The molecule has 6 nitrogen and oxygen atoms in total. The highest BCUT2D eigenvalue weighted by Crippen LogP contribution is 2.12. The fraction of sp³-hybridized carbons (Fsp3) is 0. The fourth-order valence-corrected chi connectivity index (χ4v) is 0.999. The Kier molecular flexibility index (Phi) is 2.36. The third-order valence-corrected chi connectivity index (χ3v) is 1.67. The van der Waals surface area contributed by atoms with Gasteiger partial charge in [0.25, 0.3) is 11.7 Å². The van der Waals surface area contributed by atoms with Crippen LogP contribution in [0.1, 0.15) is 10.6 Å². The van der Waals surface area contributed by atoms with Gasteiger partial charge in [0.05, 0.1) is 5.69 Å². The second kappa shape index (κ2) is 3.82. The zero-order chi connectivity index (χ0) is 10.7. The largest absolute Gasteiger partial charge is 0.317 e. The van der Waals surface area contributed by atoms with Gasteiger partial charge in [-0.2, -0.15) is 5.21 Å². The second-order valence-corrected chi connectivity index (χ2v) is 2.67. The Morgan fingerprint density at radius 2 is 2.20 bits per heavy atom. The van der Waals surface area contributed by atoms with Crippen molar-refractivity contribution in [2.24, 2.45) is 0 Å². The number of H-pyrrole nitrogens is 1. The van der Waals surface area contributed by atoms with E-state index in [0.717, 1.165) is 0 Å². The van der Waals surface area contributed by atoms with E-state index >= 15 is 0 Å². The molecule has 1 aromatic heterocycles. The zero-order valence-electron chi connectivity index (χ0n) is 7.44. The molecule has 0 radical (unpaired) electrons. The van der Waals surface area contributed by atoms with Crippen molar-refractivity contribution in [3.05, 3.63) is 35.9 Å². The normalized spacial score (nSPS) is 9.93. The number of aromatic nitrogens is 4. The van der Waals surface area contributed by atoms with Crippen molar-refractivity contribution in [2.45, 2.75) is 0 Å². The molecule has 1 heterocycles. The summed E-state index contributed by atoms with van der Waals surface area (Å²) < 4.78 is 13.1. The first-order valence-electron chi connectivity index (χ1n) is 4.06. The molecule has 0 aliphatic heterocycles. The molecule has 0 unspecified atom stereocenters. The van der Waals surface area contributed by atoms with Crippen LogP contribution in [0.2, 0.25) is 0 Å². The number of carbonyl (C=O) groups excluding carboxylic acids is 1. The molecule has 0 saturated heterocycles. The first-order valence-corrected chi connectivity index (χ1v) is 4.06. The van der Waals surface area contributed by atoms with Gasteiger partial charge in [0.1, 0.15) is 5.82 Å². The number of hydrogen-bond acceptors (Lipinski definition) is 4. The van der Waals surface area contributed by atoms with E-state index in [1.54, 1.807) is 6.07 Å². The summed E-state index contributed by atoms with van der Waals surface area (Å²) in [5.74, 6) is -1.28. The molecule has 1 amide bonds. The molecule has 0 aliphatic carbocycles.